The van der Waals surface area contributed by atoms with Crippen LogP contribution in [-0.4, -0.2) is 26.2 Å². The third-order valence-electron chi connectivity index (χ3n) is 4.15. The van der Waals surface area contributed by atoms with Crippen LogP contribution < -0.4 is 20.5 Å². The highest BCUT2D eigenvalue weighted by atomic mass is 79.9. The molecule has 6 heteroatoms. The summed E-state index contributed by atoms with van der Waals surface area (Å²) in [5, 5.41) is 2.92. The molecule has 1 aliphatic carbocycles. The van der Waals surface area contributed by atoms with E-state index in [1.807, 2.05) is 18.2 Å². The number of hydrogen-bond acceptors (Lipinski definition) is 4. The van der Waals surface area contributed by atoms with Gasteiger partial charge in [0.15, 0.2) is 0 Å². The second kappa shape index (κ2) is 6.83. The Morgan fingerprint density at radius 3 is 2.54 bits per heavy atom. The average molecular weight is 391 g/mol. The number of fused-ring (bicyclic) bond motifs is 1. The Balaban J connectivity index is 1.85. The van der Waals surface area contributed by atoms with Crippen LogP contribution in [0, 0.1) is 0 Å². The van der Waals surface area contributed by atoms with E-state index in [0.29, 0.717) is 21.5 Å². The predicted molar refractivity (Wildman–Crippen MR) is 97.0 cm³/mol. The number of carbonyl (C=O) groups is 1. The van der Waals surface area contributed by atoms with E-state index in [1.165, 1.54) is 18.2 Å². The number of amides is 1. The predicted octanol–water partition coefficient (Wildman–Crippen LogP) is 3.14. The fourth-order valence-electron chi connectivity index (χ4n) is 2.97. The fraction of sp³-hybridized carbons (Fsp3) is 0.278. The zero-order chi connectivity index (χ0) is 17.3. The topological polar surface area (TPSA) is 73.6 Å². The molecule has 126 valence electrons. The Labute approximate surface area is 149 Å². The van der Waals surface area contributed by atoms with Gasteiger partial charge in [-0.15, -0.1) is 0 Å². The monoisotopic (exact) mass is 390 g/mol. The summed E-state index contributed by atoms with van der Waals surface area (Å²) < 4.78 is 11.2. The first-order chi connectivity index (χ1) is 11.5. The van der Waals surface area contributed by atoms with E-state index in [0.717, 1.165) is 18.5 Å². The van der Waals surface area contributed by atoms with Crippen LogP contribution in [0.15, 0.2) is 34.8 Å². The summed E-state index contributed by atoms with van der Waals surface area (Å²) in [4.78, 5) is 12.6. The average Bonchev–Trinajstić information content (AvgIpc) is 2.93. The van der Waals surface area contributed by atoms with E-state index < -0.39 is 0 Å². The van der Waals surface area contributed by atoms with Crippen molar-refractivity contribution in [2.75, 3.05) is 19.5 Å². The van der Waals surface area contributed by atoms with E-state index in [2.05, 4.69) is 21.2 Å². The van der Waals surface area contributed by atoms with Crippen molar-refractivity contribution in [1.82, 2.24) is 0 Å². The third kappa shape index (κ3) is 3.25. The van der Waals surface area contributed by atoms with Gasteiger partial charge in [-0.1, -0.05) is 6.07 Å². The van der Waals surface area contributed by atoms with Crippen LogP contribution in [0.25, 0.3) is 0 Å². The van der Waals surface area contributed by atoms with E-state index in [4.69, 9.17) is 15.2 Å². The summed E-state index contributed by atoms with van der Waals surface area (Å²) in [7, 11) is 3.09. The molecule has 1 aliphatic rings. The number of anilines is 1. The molecule has 5 nitrogen and oxygen atoms in total. The summed E-state index contributed by atoms with van der Waals surface area (Å²) in [6, 6.07) is 9.46. The summed E-state index contributed by atoms with van der Waals surface area (Å²) in [5.41, 5.74) is 9.63. The number of carbonyl (C=O) groups excluding carboxylic acids is 1. The molecule has 1 atom stereocenters. The molecule has 3 rings (SSSR count). The Hall–Kier alpha value is -2.05. The van der Waals surface area contributed by atoms with Crippen molar-refractivity contribution < 1.29 is 14.3 Å². The third-order valence-corrected chi connectivity index (χ3v) is 4.77. The highest BCUT2D eigenvalue weighted by molar-refractivity contribution is 9.10. The number of nitrogens with two attached hydrogens (primary N) is 1. The maximum atomic E-state index is 12.6. The lowest BCUT2D eigenvalue weighted by Gasteiger charge is -2.13. The molecule has 0 radical (unpaired) electrons. The smallest absolute Gasteiger partial charge is 0.259 e. The van der Waals surface area contributed by atoms with Crippen molar-refractivity contribution in [3.8, 4) is 11.5 Å². The van der Waals surface area contributed by atoms with Gasteiger partial charge in [-0.2, -0.15) is 0 Å². The van der Waals surface area contributed by atoms with Crippen molar-refractivity contribution in [3.05, 3.63) is 51.5 Å². The van der Waals surface area contributed by atoms with Crippen LogP contribution in [0.1, 0.15) is 21.5 Å². The van der Waals surface area contributed by atoms with E-state index in [-0.39, 0.29) is 11.9 Å². The lowest BCUT2D eigenvalue weighted by molar-refractivity contribution is 0.102. The van der Waals surface area contributed by atoms with E-state index in [1.54, 1.807) is 19.2 Å². The Morgan fingerprint density at radius 2 is 1.83 bits per heavy atom. The minimum atomic E-state index is -0.238. The summed E-state index contributed by atoms with van der Waals surface area (Å²) in [5.74, 6) is 0.822. The molecule has 0 saturated heterocycles. The van der Waals surface area contributed by atoms with Gasteiger partial charge in [-0.05, 0) is 58.1 Å². The van der Waals surface area contributed by atoms with Crippen molar-refractivity contribution in [2.45, 2.75) is 18.9 Å². The van der Waals surface area contributed by atoms with Gasteiger partial charge in [0.05, 0.1) is 24.3 Å². The number of ether oxygens (including phenoxy) is 2. The van der Waals surface area contributed by atoms with Gasteiger partial charge in [0.25, 0.3) is 5.91 Å². The van der Waals surface area contributed by atoms with E-state index in [9.17, 15) is 4.79 Å². The molecule has 1 amide bonds. The van der Waals surface area contributed by atoms with Gasteiger partial charge < -0.3 is 20.5 Å². The first kappa shape index (κ1) is 16.8. The van der Waals surface area contributed by atoms with Crippen LogP contribution in [0.2, 0.25) is 0 Å². The minimum Gasteiger partial charge on any atom is -0.496 e. The first-order valence-corrected chi connectivity index (χ1v) is 8.41. The summed E-state index contributed by atoms with van der Waals surface area (Å²) in [6.45, 7) is 0. The number of rotatable bonds is 4. The lowest BCUT2D eigenvalue weighted by atomic mass is 10.1. The second-order valence-corrected chi connectivity index (χ2v) is 6.65. The molecule has 3 N–H and O–H groups in total. The second-order valence-electron chi connectivity index (χ2n) is 5.79. The molecule has 0 saturated carbocycles. The highest BCUT2D eigenvalue weighted by Crippen LogP contribution is 2.33. The van der Waals surface area contributed by atoms with Gasteiger partial charge in [-0.25, -0.2) is 0 Å². The van der Waals surface area contributed by atoms with Gasteiger partial charge >= 0.3 is 0 Å². The Bertz CT molecular complexity index is 792. The van der Waals surface area contributed by atoms with Crippen molar-refractivity contribution in [3.63, 3.8) is 0 Å². The molecular formula is C18H19BrN2O3. The Morgan fingerprint density at radius 1 is 1.12 bits per heavy atom. The maximum absolute atomic E-state index is 12.6. The first-order valence-electron chi connectivity index (χ1n) is 7.62. The van der Waals surface area contributed by atoms with Crippen LogP contribution >= 0.6 is 15.9 Å². The summed E-state index contributed by atoms with van der Waals surface area (Å²) >= 11 is 3.40. The van der Waals surface area contributed by atoms with Gasteiger partial charge in [0.2, 0.25) is 0 Å². The SMILES string of the molecule is COc1cc(OC)c(C(=O)Nc2ccc3c(c2)CC(N)C3)cc1Br. The molecule has 0 heterocycles. The summed E-state index contributed by atoms with van der Waals surface area (Å²) in [6.07, 6.45) is 1.74. The molecule has 0 fully saturated rings. The van der Waals surface area contributed by atoms with Gasteiger partial charge in [0.1, 0.15) is 11.5 Å². The zero-order valence-electron chi connectivity index (χ0n) is 13.6. The zero-order valence-corrected chi connectivity index (χ0v) is 15.1. The number of halogens is 1. The molecule has 0 aromatic heterocycles. The van der Waals surface area contributed by atoms with Gasteiger partial charge in [-0.3, -0.25) is 4.79 Å². The molecule has 0 spiro atoms. The largest absolute Gasteiger partial charge is 0.496 e. The molecule has 2 aromatic carbocycles. The van der Waals surface area contributed by atoms with Crippen LogP contribution in [-0.2, 0) is 12.8 Å². The lowest BCUT2D eigenvalue weighted by Crippen LogP contribution is -2.19. The highest BCUT2D eigenvalue weighted by Gasteiger charge is 2.20. The van der Waals surface area contributed by atoms with Gasteiger partial charge in [0, 0.05) is 17.8 Å². The van der Waals surface area contributed by atoms with E-state index >= 15 is 0 Å². The van der Waals surface area contributed by atoms with Crippen LogP contribution in [0.5, 0.6) is 11.5 Å². The molecule has 24 heavy (non-hydrogen) atoms. The normalized spacial score (nSPS) is 15.8. The van der Waals surface area contributed by atoms with Crippen LogP contribution in [0.3, 0.4) is 0 Å². The fourth-order valence-corrected chi connectivity index (χ4v) is 3.47. The minimum absolute atomic E-state index is 0.170. The standard InChI is InChI=1S/C18H19BrN2O3/c1-23-16-9-17(24-2)15(19)8-14(16)18(22)21-13-4-3-10-5-12(20)6-11(10)7-13/h3-4,7-9,12H,5-6,20H2,1-2H3,(H,21,22). The molecule has 0 bridgehead atoms. The number of hydrogen-bond donors (Lipinski definition) is 2. The molecule has 1 unspecified atom stereocenters. The molecule has 2 aromatic rings. The molecule has 0 aliphatic heterocycles. The maximum Gasteiger partial charge on any atom is 0.259 e. The van der Waals surface area contributed by atoms with Crippen molar-refractivity contribution in [1.29, 1.82) is 0 Å². The van der Waals surface area contributed by atoms with Crippen molar-refractivity contribution >= 4 is 27.5 Å². The Kier molecular flexibility index (Phi) is 4.78. The number of benzene rings is 2. The number of nitrogens with one attached hydrogen (secondary N) is 1. The van der Waals surface area contributed by atoms with Crippen molar-refractivity contribution in [2.24, 2.45) is 5.73 Å². The van der Waals surface area contributed by atoms with Crippen LogP contribution in [0.4, 0.5) is 5.69 Å². The number of methoxy groups -OCH3 is 2. The quantitative estimate of drug-likeness (QED) is 0.840. The molecular weight excluding hydrogens is 372 g/mol.